The van der Waals surface area contributed by atoms with Gasteiger partial charge in [0.1, 0.15) is 0 Å². The summed E-state index contributed by atoms with van der Waals surface area (Å²) in [6.07, 6.45) is 0. The van der Waals surface area contributed by atoms with Crippen LogP contribution in [0.5, 0.6) is 0 Å². The van der Waals surface area contributed by atoms with Crippen LogP contribution in [0.3, 0.4) is 0 Å². The molecule has 0 unspecified atom stereocenters. The molecule has 0 atom stereocenters. The quantitative estimate of drug-likeness (QED) is 0.780. The van der Waals surface area contributed by atoms with Gasteiger partial charge in [-0.25, -0.2) is 0 Å². The average Bonchev–Trinajstić information content (AvgIpc) is 2.54. The molecule has 0 saturated carbocycles. The first-order chi connectivity index (χ1) is 10.6. The van der Waals surface area contributed by atoms with Crippen LogP contribution in [0, 0.1) is 0 Å². The molecule has 2 aromatic rings. The molecule has 0 saturated heterocycles. The Hall–Kier alpha value is -1.87. The molecule has 0 aliphatic rings. The fourth-order valence-corrected chi connectivity index (χ4v) is 2.60. The van der Waals surface area contributed by atoms with Gasteiger partial charge in [0.05, 0.1) is 0 Å². The van der Waals surface area contributed by atoms with Gasteiger partial charge < -0.3 is 10.2 Å². The molecular weight excluding hydrogens is 288 g/mol. The first kappa shape index (κ1) is 16.5. The van der Waals surface area contributed by atoms with E-state index in [2.05, 4.69) is 79.5 Å². The van der Waals surface area contributed by atoms with E-state index in [1.807, 2.05) is 6.07 Å². The van der Waals surface area contributed by atoms with E-state index in [4.69, 9.17) is 12.2 Å². The second kappa shape index (κ2) is 7.95. The summed E-state index contributed by atoms with van der Waals surface area (Å²) >= 11 is 5.55. The average molecular weight is 312 g/mol. The normalized spacial score (nSPS) is 10.5. The minimum absolute atomic E-state index is 0.547. The van der Waals surface area contributed by atoms with Gasteiger partial charge >= 0.3 is 0 Å². The van der Waals surface area contributed by atoms with Crippen LogP contribution in [0.1, 0.15) is 37.8 Å². The van der Waals surface area contributed by atoms with Crippen molar-refractivity contribution in [1.82, 2.24) is 4.90 Å². The number of nitrogens with one attached hydrogen (secondary N) is 1. The zero-order valence-electron chi connectivity index (χ0n) is 13.5. The highest BCUT2D eigenvalue weighted by molar-refractivity contribution is 7.80. The van der Waals surface area contributed by atoms with Gasteiger partial charge in [-0.3, -0.25) is 0 Å². The zero-order chi connectivity index (χ0) is 15.9. The summed E-state index contributed by atoms with van der Waals surface area (Å²) in [6, 6.07) is 18.9. The number of rotatable bonds is 5. The lowest BCUT2D eigenvalue weighted by Crippen LogP contribution is -2.34. The topological polar surface area (TPSA) is 15.3 Å². The monoisotopic (exact) mass is 312 g/mol. The van der Waals surface area contributed by atoms with Gasteiger partial charge in [-0.15, -0.1) is 0 Å². The maximum absolute atomic E-state index is 5.55. The first-order valence-corrected chi connectivity index (χ1v) is 8.20. The standard InChI is InChI=1S/C19H24N2S/c1-4-21(14-16-8-6-5-7-9-16)19(22)20-18-12-10-17(11-13-18)15(2)3/h5-13,15H,4,14H2,1-3H3,(H,20,22). The van der Waals surface area contributed by atoms with E-state index in [1.165, 1.54) is 11.1 Å². The van der Waals surface area contributed by atoms with Crippen LogP contribution in [0.4, 0.5) is 5.69 Å². The second-order valence-corrected chi connectivity index (χ2v) is 6.09. The second-order valence-electron chi connectivity index (χ2n) is 5.71. The van der Waals surface area contributed by atoms with Crippen molar-refractivity contribution in [2.45, 2.75) is 33.2 Å². The molecule has 2 aromatic carbocycles. The minimum atomic E-state index is 0.547. The molecule has 0 aromatic heterocycles. The highest BCUT2D eigenvalue weighted by Gasteiger charge is 2.08. The van der Waals surface area contributed by atoms with Gasteiger partial charge in [0.15, 0.2) is 5.11 Å². The summed E-state index contributed by atoms with van der Waals surface area (Å²) in [7, 11) is 0. The summed E-state index contributed by atoms with van der Waals surface area (Å²) in [5, 5.41) is 4.10. The third-order valence-corrected chi connectivity index (χ3v) is 4.07. The highest BCUT2D eigenvalue weighted by atomic mass is 32.1. The van der Waals surface area contributed by atoms with Gasteiger partial charge in [-0.1, -0.05) is 56.3 Å². The van der Waals surface area contributed by atoms with Crippen molar-refractivity contribution in [2.75, 3.05) is 11.9 Å². The Bertz CT molecular complexity index is 591. The molecule has 0 fully saturated rings. The zero-order valence-corrected chi connectivity index (χ0v) is 14.4. The lowest BCUT2D eigenvalue weighted by Gasteiger charge is -2.24. The molecule has 2 nitrogen and oxygen atoms in total. The fraction of sp³-hybridized carbons (Fsp3) is 0.316. The molecule has 0 spiro atoms. The van der Waals surface area contributed by atoms with E-state index in [9.17, 15) is 0 Å². The molecule has 3 heteroatoms. The molecule has 22 heavy (non-hydrogen) atoms. The van der Waals surface area contributed by atoms with E-state index in [0.717, 1.165) is 23.9 Å². The van der Waals surface area contributed by atoms with Gasteiger partial charge in [0.2, 0.25) is 0 Å². The Morgan fingerprint density at radius 1 is 1.05 bits per heavy atom. The number of thiocarbonyl (C=S) groups is 1. The molecular formula is C19H24N2S. The van der Waals surface area contributed by atoms with Crippen molar-refractivity contribution < 1.29 is 0 Å². The van der Waals surface area contributed by atoms with Gasteiger partial charge in [0.25, 0.3) is 0 Å². The molecule has 0 heterocycles. The number of hydrogen-bond donors (Lipinski definition) is 1. The number of benzene rings is 2. The molecule has 116 valence electrons. The Kier molecular flexibility index (Phi) is 5.96. The maximum Gasteiger partial charge on any atom is 0.173 e. The Labute approximate surface area is 139 Å². The SMILES string of the molecule is CCN(Cc1ccccc1)C(=S)Nc1ccc(C(C)C)cc1. The Morgan fingerprint density at radius 3 is 2.23 bits per heavy atom. The van der Waals surface area contributed by atoms with Crippen LogP contribution in [0.2, 0.25) is 0 Å². The van der Waals surface area contributed by atoms with Crippen LogP contribution >= 0.6 is 12.2 Å². The number of anilines is 1. The van der Waals surface area contributed by atoms with Crippen molar-refractivity contribution in [1.29, 1.82) is 0 Å². The molecule has 0 amide bonds. The molecule has 0 aliphatic carbocycles. The van der Waals surface area contributed by atoms with Crippen LogP contribution in [0.15, 0.2) is 54.6 Å². The summed E-state index contributed by atoms with van der Waals surface area (Å²) in [4.78, 5) is 2.17. The summed E-state index contributed by atoms with van der Waals surface area (Å²) < 4.78 is 0. The van der Waals surface area contributed by atoms with Crippen LogP contribution in [-0.4, -0.2) is 16.6 Å². The van der Waals surface area contributed by atoms with Crippen LogP contribution in [0.25, 0.3) is 0 Å². The van der Waals surface area contributed by atoms with Crippen molar-refractivity contribution in [2.24, 2.45) is 0 Å². The van der Waals surface area contributed by atoms with Crippen molar-refractivity contribution in [3.63, 3.8) is 0 Å². The lowest BCUT2D eigenvalue weighted by atomic mass is 10.0. The summed E-state index contributed by atoms with van der Waals surface area (Å²) in [6.45, 7) is 8.23. The first-order valence-electron chi connectivity index (χ1n) is 7.80. The molecule has 0 radical (unpaired) electrons. The van der Waals surface area contributed by atoms with Crippen molar-refractivity contribution in [3.8, 4) is 0 Å². The summed E-state index contributed by atoms with van der Waals surface area (Å²) in [5.41, 5.74) is 3.65. The van der Waals surface area contributed by atoms with E-state index in [1.54, 1.807) is 0 Å². The van der Waals surface area contributed by atoms with Gasteiger partial charge in [0, 0.05) is 18.8 Å². The molecule has 0 aliphatic heterocycles. The number of hydrogen-bond acceptors (Lipinski definition) is 1. The van der Waals surface area contributed by atoms with Crippen LogP contribution < -0.4 is 5.32 Å². The third kappa shape index (κ3) is 4.57. The highest BCUT2D eigenvalue weighted by Crippen LogP contribution is 2.17. The van der Waals surface area contributed by atoms with E-state index < -0.39 is 0 Å². The summed E-state index contributed by atoms with van der Waals surface area (Å²) in [5.74, 6) is 0.547. The molecule has 1 N–H and O–H groups in total. The minimum Gasteiger partial charge on any atom is -0.345 e. The fourth-order valence-electron chi connectivity index (χ4n) is 2.28. The Balaban J connectivity index is 2.00. The smallest absolute Gasteiger partial charge is 0.173 e. The van der Waals surface area contributed by atoms with Gasteiger partial charge in [-0.05, 0) is 48.3 Å². The molecule has 2 rings (SSSR count). The largest absolute Gasteiger partial charge is 0.345 e. The molecule has 0 bridgehead atoms. The Morgan fingerprint density at radius 2 is 1.68 bits per heavy atom. The van der Waals surface area contributed by atoms with E-state index >= 15 is 0 Å². The maximum atomic E-state index is 5.55. The van der Waals surface area contributed by atoms with Crippen molar-refractivity contribution >= 4 is 23.0 Å². The van der Waals surface area contributed by atoms with E-state index in [-0.39, 0.29) is 0 Å². The van der Waals surface area contributed by atoms with Gasteiger partial charge in [-0.2, -0.15) is 0 Å². The number of nitrogens with zero attached hydrogens (tertiary/aromatic N) is 1. The van der Waals surface area contributed by atoms with Crippen molar-refractivity contribution in [3.05, 3.63) is 65.7 Å². The van der Waals surface area contributed by atoms with Crippen LogP contribution in [-0.2, 0) is 6.54 Å². The third-order valence-electron chi connectivity index (χ3n) is 3.71. The lowest BCUT2D eigenvalue weighted by molar-refractivity contribution is 0.442. The predicted molar refractivity (Wildman–Crippen MR) is 99.3 cm³/mol. The predicted octanol–water partition coefficient (Wildman–Crippen LogP) is 5.03. The van der Waals surface area contributed by atoms with E-state index in [0.29, 0.717) is 5.92 Å².